The van der Waals surface area contributed by atoms with Gasteiger partial charge in [-0.25, -0.2) is 9.97 Å². The summed E-state index contributed by atoms with van der Waals surface area (Å²) in [5.74, 6) is 1.17. The highest BCUT2D eigenvalue weighted by Crippen LogP contribution is 2.31. The van der Waals surface area contributed by atoms with Gasteiger partial charge in [0.15, 0.2) is 0 Å². The van der Waals surface area contributed by atoms with Crippen LogP contribution in [0.5, 0.6) is 0 Å². The van der Waals surface area contributed by atoms with Gasteiger partial charge in [-0.3, -0.25) is 0 Å². The van der Waals surface area contributed by atoms with E-state index in [1.165, 1.54) is 24.1 Å². The van der Waals surface area contributed by atoms with Crippen molar-refractivity contribution in [1.82, 2.24) is 15.3 Å². The molecule has 2 heterocycles. The summed E-state index contributed by atoms with van der Waals surface area (Å²) in [6.07, 6.45) is 4.75. The Bertz CT molecular complexity index is 416. The van der Waals surface area contributed by atoms with Gasteiger partial charge in [0.25, 0.3) is 0 Å². The van der Waals surface area contributed by atoms with Crippen LogP contribution in [0.25, 0.3) is 0 Å². The molecule has 1 aliphatic heterocycles. The van der Waals surface area contributed by atoms with Gasteiger partial charge in [0.05, 0.1) is 0 Å². The SMILES string of the molecule is Cc1nc(N)nc2c1C[C@H]1NCCC[C@@H]1C2. The van der Waals surface area contributed by atoms with Crippen LogP contribution in [0, 0.1) is 12.8 Å². The summed E-state index contributed by atoms with van der Waals surface area (Å²) in [5, 5.41) is 3.62. The molecule has 0 amide bonds. The number of nitrogens with zero attached hydrogens (tertiary/aromatic N) is 2. The molecule has 1 saturated heterocycles. The summed E-state index contributed by atoms with van der Waals surface area (Å²) in [6.45, 7) is 3.20. The van der Waals surface area contributed by atoms with Gasteiger partial charge >= 0.3 is 0 Å². The number of fused-ring (bicyclic) bond motifs is 2. The molecule has 0 bridgehead atoms. The second-order valence-electron chi connectivity index (χ2n) is 4.96. The van der Waals surface area contributed by atoms with E-state index in [0.717, 1.165) is 31.0 Å². The Hall–Kier alpha value is -1.16. The molecule has 86 valence electrons. The summed E-state index contributed by atoms with van der Waals surface area (Å²) in [4.78, 5) is 8.67. The first-order chi connectivity index (χ1) is 7.74. The third kappa shape index (κ3) is 1.57. The molecule has 4 heteroatoms. The van der Waals surface area contributed by atoms with Gasteiger partial charge < -0.3 is 11.1 Å². The minimum Gasteiger partial charge on any atom is -0.368 e. The van der Waals surface area contributed by atoms with Gasteiger partial charge in [-0.05, 0) is 50.6 Å². The van der Waals surface area contributed by atoms with Crippen molar-refractivity contribution in [2.45, 2.75) is 38.6 Å². The van der Waals surface area contributed by atoms with Crippen LogP contribution in [-0.4, -0.2) is 22.6 Å². The fraction of sp³-hybridized carbons (Fsp3) is 0.667. The Kier molecular flexibility index (Phi) is 2.32. The van der Waals surface area contributed by atoms with Crippen LogP contribution in [0.3, 0.4) is 0 Å². The highest BCUT2D eigenvalue weighted by atomic mass is 15.0. The molecule has 1 fully saturated rings. The van der Waals surface area contributed by atoms with Crippen LogP contribution in [0.1, 0.15) is 29.8 Å². The molecular weight excluding hydrogens is 200 g/mol. The van der Waals surface area contributed by atoms with Crippen molar-refractivity contribution < 1.29 is 0 Å². The van der Waals surface area contributed by atoms with E-state index in [1.54, 1.807) is 0 Å². The second kappa shape index (κ2) is 3.70. The predicted molar refractivity (Wildman–Crippen MR) is 63.1 cm³/mol. The van der Waals surface area contributed by atoms with Crippen molar-refractivity contribution in [2.24, 2.45) is 5.92 Å². The number of hydrogen-bond donors (Lipinski definition) is 2. The number of nitrogens with two attached hydrogens (primary N) is 1. The minimum atomic E-state index is 0.429. The van der Waals surface area contributed by atoms with Gasteiger partial charge in [0, 0.05) is 17.4 Å². The van der Waals surface area contributed by atoms with Crippen LogP contribution < -0.4 is 11.1 Å². The van der Waals surface area contributed by atoms with E-state index in [0.29, 0.717) is 12.0 Å². The summed E-state index contributed by atoms with van der Waals surface area (Å²) in [7, 11) is 0. The summed E-state index contributed by atoms with van der Waals surface area (Å²) < 4.78 is 0. The molecule has 16 heavy (non-hydrogen) atoms. The molecule has 4 nitrogen and oxygen atoms in total. The largest absolute Gasteiger partial charge is 0.368 e. The Labute approximate surface area is 95.7 Å². The van der Waals surface area contributed by atoms with E-state index in [2.05, 4.69) is 15.3 Å². The van der Waals surface area contributed by atoms with Crippen molar-refractivity contribution in [3.63, 3.8) is 0 Å². The van der Waals surface area contributed by atoms with Gasteiger partial charge in [-0.2, -0.15) is 0 Å². The quantitative estimate of drug-likeness (QED) is 0.677. The molecule has 0 radical (unpaired) electrons. The van der Waals surface area contributed by atoms with Crippen molar-refractivity contribution in [3.8, 4) is 0 Å². The Morgan fingerprint density at radius 1 is 1.31 bits per heavy atom. The molecule has 2 atom stereocenters. The molecule has 0 saturated carbocycles. The number of piperidine rings is 1. The molecule has 0 unspecified atom stereocenters. The molecule has 2 aliphatic rings. The average Bonchev–Trinajstić information content (AvgIpc) is 2.27. The van der Waals surface area contributed by atoms with Crippen molar-refractivity contribution in [2.75, 3.05) is 12.3 Å². The molecule has 1 aromatic rings. The van der Waals surface area contributed by atoms with E-state index in [-0.39, 0.29) is 0 Å². The van der Waals surface area contributed by atoms with E-state index in [9.17, 15) is 0 Å². The number of nitrogens with one attached hydrogen (secondary N) is 1. The summed E-state index contributed by atoms with van der Waals surface area (Å²) in [6, 6.07) is 0.632. The zero-order valence-electron chi connectivity index (χ0n) is 9.66. The number of rotatable bonds is 0. The van der Waals surface area contributed by atoms with Crippen LogP contribution in [0.4, 0.5) is 5.95 Å². The van der Waals surface area contributed by atoms with Crippen molar-refractivity contribution in [3.05, 3.63) is 17.0 Å². The molecule has 1 aliphatic carbocycles. The highest BCUT2D eigenvalue weighted by Gasteiger charge is 2.32. The lowest BCUT2D eigenvalue weighted by Gasteiger charge is -2.37. The number of hydrogen-bond acceptors (Lipinski definition) is 4. The number of anilines is 1. The number of aryl methyl sites for hydroxylation is 1. The lowest BCUT2D eigenvalue weighted by atomic mass is 9.78. The van der Waals surface area contributed by atoms with Crippen LogP contribution >= 0.6 is 0 Å². The maximum absolute atomic E-state index is 5.71. The zero-order chi connectivity index (χ0) is 11.1. The average molecular weight is 218 g/mol. The first kappa shape index (κ1) is 10.0. The van der Waals surface area contributed by atoms with Gasteiger partial charge in [0.2, 0.25) is 5.95 Å². The lowest BCUT2D eigenvalue weighted by molar-refractivity contribution is 0.260. The lowest BCUT2D eigenvalue weighted by Crippen LogP contribution is -2.46. The Morgan fingerprint density at radius 2 is 2.19 bits per heavy atom. The maximum Gasteiger partial charge on any atom is 0.220 e. The van der Waals surface area contributed by atoms with Crippen LogP contribution in [0.2, 0.25) is 0 Å². The molecule has 0 aromatic carbocycles. The molecular formula is C12H18N4. The minimum absolute atomic E-state index is 0.429. The third-order valence-electron chi connectivity index (χ3n) is 3.92. The summed E-state index contributed by atoms with van der Waals surface area (Å²) in [5.41, 5.74) is 9.29. The Balaban J connectivity index is 1.98. The van der Waals surface area contributed by atoms with Gasteiger partial charge in [-0.15, -0.1) is 0 Å². The monoisotopic (exact) mass is 218 g/mol. The predicted octanol–water partition coefficient (Wildman–Crippen LogP) is 0.834. The van der Waals surface area contributed by atoms with Crippen molar-refractivity contribution in [1.29, 1.82) is 0 Å². The van der Waals surface area contributed by atoms with Gasteiger partial charge in [0.1, 0.15) is 0 Å². The standard InChI is InChI=1S/C12H18N4/c1-7-9-6-10-8(3-2-4-14-10)5-11(9)16-12(13)15-7/h8,10,14H,2-6H2,1H3,(H2,13,15,16)/t8-,10-/m1/s1. The normalized spacial score (nSPS) is 28.3. The van der Waals surface area contributed by atoms with E-state index in [4.69, 9.17) is 5.73 Å². The van der Waals surface area contributed by atoms with Crippen LogP contribution in [0.15, 0.2) is 0 Å². The summed E-state index contributed by atoms with van der Waals surface area (Å²) >= 11 is 0. The van der Waals surface area contributed by atoms with E-state index < -0.39 is 0 Å². The first-order valence-corrected chi connectivity index (χ1v) is 6.09. The van der Waals surface area contributed by atoms with Crippen LogP contribution in [-0.2, 0) is 12.8 Å². The number of nitrogen functional groups attached to an aromatic ring is 1. The first-order valence-electron chi connectivity index (χ1n) is 6.09. The molecule has 3 rings (SSSR count). The Morgan fingerprint density at radius 3 is 3.06 bits per heavy atom. The topological polar surface area (TPSA) is 63.8 Å². The van der Waals surface area contributed by atoms with E-state index >= 15 is 0 Å². The number of aromatic nitrogens is 2. The fourth-order valence-electron chi connectivity index (χ4n) is 3.08. The van der Waals surface area contributed by atoms with Crippen molar-refractivity contribution >= 4 is 5.95 Å². The van der Waals surface area contributed by atoms with Gasteiger partial charge in [-0.1, -0.05) is 0 Å². The second-order valence-corrected chi connectivity index (χ2v) is 4.96. The molecule has 3 N–H and O–H groups in total. The molecule has 1 aromatic heterocycles. The fourth-order valence-corrected chi connectivity index (χ4v) is 3.08. The highest BCUT2D eigenvalue weighted by molar-refractivity contribution is 5.34. The smallest absolute Gasteiger partial charge is 0.220 e. The molecule has 0 spiro atoms. The third-order valence-corrected chi connectivity index (χ3v) is 3.92. The van der Waals surface area contributed by atoms with E-state index in [1.807, 2.05) is 6.92 Å². The zero-order valence-corrected chi connectivity index (χ0v) is 9.66. The maximum atomic E-state index is 5.71.